The highest BCUT2D eigenvalue weighted by molar-refractivity contribution is 6.30. The number of aliphatic carboxylic acids is 1. The molecule has 0 aliphatic rings. The molecule has 1 amide bonds. The minimum Gasteiger partial charge on any atom is -0.478 e. The van der Waals surface area contributed by atoms with E-state index in [1.165, 1.54) is 13.8 Å². The standard InChI is InChI=1S/C27H32ClN3O5/c1-16-10-19(11-17(2)24(16)36-27(4,5)26(33)34)13-29-14-23(32)31(6)15-22-18(3)35-25(30-22)20-8-7-9-21(28)12-20/h7-12,29H,13-15H2,1-6H3,(H,33,34). The molecule has 0 aliphatic carbocycles. The van der Waals surface area contributed by atoms with Crippen LogP contribution in [-0.2, 0) is 22.7 Å². The molecule has 0 saturated carbocycles. The van der Waals surface area contributed by atoms with Gasteiger partial charge in [-0.05, 0) is 69.5 Å². The number of ether oxygens (including phenoxy) is 1. The van der Waals surface area contributed by atoms with Crippen LogP contribution in [0.25, 0.3) is 11.5 Å². The Bertz CT molecular complexity index is 1250. The van der Waals surface area contributed by atoms with Crippen LogP contribution >= 0.6 is 11.6 Å². The van der Waals surface area contributed by atoms with Gasteiger partial charge in [0.05, 0.1) is 13.1 Å². The summed E-state index contributed by atoms with van der Waals surface area (Å²) in [6, 6.07) is 11.1. The predicted molar refractivity (Wildman–Crippen MR) is 138 cm³/mol. The van der Waals surface area contributed by atoms with Crippen molar-refractivity contribution in [1.82, 2.24) is 15.2 Å². The summed E-state index contributed by atoms with van der Waals surface area (Å²) in [6.45, 7) is 9.56. The lowest BCUT2D eigenvalue weighted by atomic mass is 10.0. The number of rotatable bonds is 10. The maximum absolute atomic E-state index is 12.7. The van der Waals surface area contributed by atoms with Gasteiger partial charge in [0.25, 0.3) is 0 Å². The van der Waals surface area contributed by atoms with Crippen molar-refractivity contribution in [2.45, 2.75) is 53.3 Å². The van der Waals surface area contributed by atoms with Gasteiger partial charge in [0, 0.05) is 24.2 Å². The third-order valence-corrected chi connectivity index (χ3v) is 6.01. The van der Waals surface area contributed by atoms with Crippen LogP contribution in [0, 0.1) is 20.8 Å². The molecule has 1 aromatic heterocycles. The number of aryl methyl sites for hydroxylation is 3. The van der Waals surface area contributed by atoms with Gasteiger partial charge in [-0.15, -0.1) is 0 Å². The van der Waals surface area contributed by atoms with Crippen molar-refractivity contribution in [3.63, 3.8) is 0 Å². The van der Waals surface area contributed by atoms with Crippen LogP contribution in [0.2, 0.25) is 5.02 Å². The molecule has 3 rings (SSSR count). The molecule has 9 heteroatoms. The first kappa shape index (κ1) is 27.2. The van der Waals surface area contributed by atoms with E-state index >= 15 is 0 Å². The van der Waals surface area contributed by atoms with Crippen LogP contribution in [0.5, 0.6) is 5.75 Å². The number of nitrogens with zero attached hydrogens (tertiary/aromatic N) is 2. The van der Waals surface area contributed by atoms with Gasteiger partial charge in [0.1, 0.15) is 17.2 Å². The lowest BCUT2D eigenvalue weighted by Crippen LogP contribution is -2.38. The Balaban J connectivity index is 1.57. The molecule has 1 heterocycles. The number of amides is 1. The molecular formula is C27H32ClN3O5. The number of aromatic nitrogens is 1. The number of hydrogen-bond donors (Lipinski definition) is 2. The highest BCUT2D eigenvalue weighted by Crippen LogP contribution is 2.29. The van der Waals surface area contributed by atoms with Gasteiger partial charge in [-0.2, -0.15) is 0 Å². The normalized spacial score (nSPS) is 11.4. The van der Waals surface area contributed by atoms with Gasteiger partial charge in [-0.3, -0.25) is 4.79 Å². The van der Waals surface area contributed by atoms with Crippen molar-refractivity contribution in [1.29, 1.82) is 0 Å². The number of halogens is 1. The summed E-state index contributed by atoms with van der Waals surface area (Å²) in [4.78, 5) is 30.2. The summed E-state index contributed by atoms with van der Waals surface area (Å²) in [7, 11) is 1.72. The molecule has 0 aliphatic heterocycles. The molecule has 0 radical (unpaired) electrons. The van der Waals surface area contributed by atoms with E-state index in [1.807, 2.05) is 45.0 Å². The molecule has 192 valence electrons. The topological polar surface area (TPSA) is 105 Å². The summed E-state index contributed by atoms with van der Waals surface area (Å²) < 4.78 is 11.5. The molecule has 3 aromatic rings. The molecule has 0 unspecified atom stereocenters. The Morgan fingerprint density at radius 2 is 1.83 bits per heavy atom. The molecule has 0 fully saturated rings. The summed E-state index contributed by atoms with van der Waals surface area (Å²) in [5.74, 6) is 0.558. The smallest absolute Gasteiger partial charge is 0.347 e. The fourth-order valence-corrected chi connectivity index (χ4v) is 3.87. The van der Waals surface area contributed by atoms with Crippen molar-refractivity contribution in [2.24, 2.45) is 0 Å². The van der Waals surface area contributed by atoms with Crippen LogP contribution in [0.1, 0.15) is 42.0 Å². The van der Waals surface area contributed by atoms with E-state index < -0.39 is 11.6 Å². The van der Waals surface area contributed by atoms with Crippen LogP contribution in [-0.4, -0.2) is 46.1 Å². The molecule has 8 nitrogen and oxygen atoms in total. The van der Waals surface area contributed by atoms with Crippen LogP contribution < -0.4 is 10.1 Å². The molecule has 0 spiro atoms. The zero-order valence-corrected chi connectivity index (χ0v) is 22.2. The van der Waals surface area contributed by atoms with Gasteiger partial charge in [-0.1, -0.05) is 29.8 Å². The number of carbonyl (C=O) groups excluding carboxylic acids is 1. The minimum absolute atomic E-state index is 0.0849. The molecule has 36 heavy (non-hydrogen) atoms. The number of hydrogen-bond acceptors (Lipinski definition) is 6. The van der Waals surface area contributed by atoms with Crippen molar-refractivity contribution < 1.29 is 23.8 Å². The largest absolute Gasteiger partial charge is 0.478 e. The Hall–Kier alpha value is -3.36. The Labute approximate surface area is 216 Å². The van der Waals surface area contributed by atoms with Gasteiger partial charge >= 0.3 is 5.97 Å². The third kappa shape index (κ3) is 6.65. The lowest BCUT2D eigenvalue weighted by Gasteiger charge is -2.24. The van der Waals surface area contributed by atoms with E-state index in [-0.39, 0.29) is 12.5 Å². The van der Waals surface area contributed by atoms with E-state index in [0.29, 0.717) is 41.2 Å². The lowest BCUT2D eigenvalue weighted by molar-refractivity contribution is -0.152. The monoisotopic (exact) mass is 513 g/mol. The van der Waals surface area contributed by atoms with Gasteiger partial charge < -0.3 is 24.5 Å². The quantitative estimate of drug-likeness (QED) is 0.397. The van der Waals surface area contributed by atoms with Crippen LogP contribution in [0.15, 0.2) is 40.8 Å². The number of carboxylic acids is 1. The number of likely N-dealkylation sites (N-methyl/N-ethyl adjacent to an activating group) is 1. The zero-order valence-electron chi connectivity index (χ0n) is 21.4. The fraction of sp³-hybridized carbons (Fsp3) is 0.370. The second kappa shape index (κ2) is 11.1. The highest BCUT2D eigenvalue weighted by Gasteiger charge is 2.30. The van der Waals surface area contributed by atoms with Crippen molar-refractivity contribution in [3.05, 3.63) is 69.6 Å². The number of carbonyl (C=O) groups is 2. The van der Waals surface area contributed by atoms with Gasteiger partial charge in [-0.25, -0.2) is 9.78 Å². The molecule has 0 atom stereocenters. The second-order valence-electron chi connectivity index (χ2n) is 9.36. The number of carboxylic acid groups (broad SMARTS) is 1. The van der Waals surface area contributed by atoms with E-state index in [9.17, 15) is 14.7 Å². The predicted octanol–water partition coefficient (Wildman–Crippen LogP) is 4.91. The Kier molecular flexibility index (Phi) is 8.43. The number of nitrogens with one attached hydrogen (secondary N) is 1. The first-order valence-electron chi connectivity index (χ1n) is 11.6. The Morgan fingerprint density at radius 1 is 1.17 bits per heavy atom. The van der Waals surface area contributed by atoms with Crippen LogP contribution in [0.4, 0.5) is 0 Å². The summed E-state index contributed by atoms with van der Waals surface area (Å²) in [5.41, 5.74) is 2.78. The van der Waals surface area contributed by atoms with Crippen molar-refractivity contribution in [2.75, 3.05) is 13.6 Å². The number of oxazole rings is 1. The SMILES string of the molecule is Cc1cc(CNCC(=O)N(C)Cc2nc(-c3cccc(Cl)c3)oc2C)cc(C)c1OC(C)(C)C(=O)O. The Morgan fingerprint density at radius 3 is 2.44 bits per heavy atom. The summed E-state index contributed by atoms with van der Waals surface area (Å²) in [5, 5.41) is 13.1. The highest BCUT2D eigenvalue weighted by atomic mass is 35.5. The first-order chi connectivity index (χ1) is 16.9. The summed E-state index contributed by atoms with van der Waals surface area (Å²) in [6.07, 6.45) is 0. The third-order valence-electron chi connectivity index (χ3n) is 5.77. The van der Waals surface area contributed by atoms with Crippen molar-refractivity contribution in [3.8, 4) is 17.2 Å². The summed E-state index contributed by atoms with van der Waals surface area (Å²) >= 11 is 6.06. The average Bonchev–Trinajstić information content (AvgIpc) is 3.16. The molecule has 2 N–H and O–H groups in total. The number of benzene rings is 2. The van der Waals surface area contributed by atoms with E-state index in [0.717, 1.165) is 22.3 Å². The van der Waals surface area contributed by atoms with E-state index in [1.54, 1.807) is 24.1 Å². The van der Waals surface area contributed by atoms with Gasteiger partial charge in [0.15, 0.2) is 5.60 Å². The molecule has 0 saturated heterocycles. The first-order valence-corrected chi connectivity index (χ1v) is 11.9. The zero-order chi connectivity index (χ0) is 26.6. The van der Waals surface area contributed by atoms with Crippen LogP contribution in [0.3, 0.4) is 0 Å². The molecule has 0 bridgehead atoms. The van der Waals surface area contributed by atoms with E-state index in [4.69, 9.17) is 20.8 Å². The van der Waals surface area contributed by atoms with Crippen molar-refractivity contribution >= 4 is 23.5 Å². The maximum Gasteiger partial charge on any atom is 0.347 e. The minimum atomic E-state index is -1.33. The van der Waals surface area contributed by atoms with E-state index in [2.05, 4.69) is 10.3 Å². The van der Waals surface area contributed by atoms with Gasteiger partial charge in [0.2, 0.25) is 11.8 Å². The fourth-order valence-electron chi connectivity index (χ4n) is 3.68. The molecule has 2 aromatic carbocycles. The average molecular weight is 514 g/mol. The molecular weight excluding hydrogens is 482 g/mol. The maximum atomic E-state index is 12.7. The second-order valence-corrected chi connectivity index (χ2v) is 9.80.